The molecule has 1 aliphatic rings. The molecule has 4 atom stereocenters. The Labute approximate surface area is 176 Å². The Kier molecular flexibility index (Phi) is 10.2. The second-order valence-corrected chi connectivity index (χ2v) is 7.52. The topological polar surface area (TPSA) is 96.2 Å². The minimum atomic E-state index is -0.801. The van der Waals surface area contributed by atoms with Crippen molar-refractivity contribution in [1.29, 1.82) is 0 Å². The summed E-state index contributed by atoms with van der Waals surface area (Å²) in [6, 6.07) is 6.97. The largest absolute Gasteiger partial charge is 0.491 e. The second kappa shape index (κ2) is 12.6. The highest BCUT2D eigenvalue weighted by Crippen LogP contribution is 2.27. The van der Waals surface area contributed by atoms with Crippen molar-refractivity contribution in [3.05, 3.63) is 53.6 Å². The number of carboxylic acid groups (broad SMARTS) is 1. The molecule has 1 aliphatic heterocycles. The van der Waals surface area contributed by atoms with Gasteiger partial charge in [0.25, 0.3) is 0 Å². The summed E-state index contributed by atoms with van der Waals surface area (Å²) >= 11 is 5.90. The second-order valence-electron chi connectivity index (χ2n) is 7.08. The predicted octanol–water partition coefficient (Wildman–Crippen LogP) is 3.60. The van der Waals surface area contributed by atoms with Crippen molar-refractivity contribution in [2.75, 3.05) is 13.2 Å². The molecule has 1 fully saturated rings. The molecule has 29 heavy (non-hydrogen) atoms. The molecular formula is C22H29ClO6. The van der Waals surface area contributed by atoms with Crippen LogP contribution in [0.2, 0.25) is 5.02 Å². The average Bonchev–Trinajstić information content (AvgIpc) is 3.03. The number of unbranched alkanes of at least 4 members (excludes halogenated alkanes) is 1. The Balaban J connectivity index is 1.73. The summed E-state index contributed by atoms with van der Waals surface area (Å²) < 4.78 is 11.1. The molecule has 0 radical (unpaired) electrons. The minimum Gasteiger partial charge on any atom is -0.491 e. The molecule has 0 spiro atoms. The molecule has 1 heterocycles. The number of allylic oxidation sites excluding steroid dienone is 2. The zero-order valence-electron chi connectivity index (χ0n) is 16.3. The smallest absolute Gasteiger partial charge is 0.303 e. The maximum absolute atomic E-state index is 10.5. The summed E-state index contributed by atoms with van der Waals surface area (Å²) in [5.74, 6) is -0.235. The lowest BCUT2D eigenvalue weighted by Gasteiger charge is -2.17. The van der Waals surface area contributed by atoms with E-state index in [1.807, 2.05) is 12.2 Å². The quantitative estimate of drug-likeness (QED) is 0.350. The maximum Gasteiger partial charge on any atom is 0.303 e. The number of halogens is 1. The molecule has 2 rings (SSSR count). The predicted molar refractivity (Wildman–Crippen MR) is 111 cm³/mol. The molecule has 0 aromatic heterocycles. The van der Waals surface area contributed by atoms with Gasteiger partial charge in [-0.25, -0.2) is 0 Å². The van der Waals surface area contributed by atoms with Crippen molar-refractivity contribution >= 4 is 17.6 Å². The first-order valence-corrected chi connectivity index (χ1v) is 10.2. The molecular weight excluding hydrogens is 396 g/mol. The third-order valence-corrected chi connectivity index (χ3v) is 4.95. The van der Waals surface area contributed by atoms with Gasteiger partial charge in [-0.3, -0.25) is 4.79 Å². The highest BCUT2D eigenvalue weighted by molar-refractivity contribution is 6.30. The third-order valence-electron chi connectivity index (χ3n) is 4.71. The number of aliphatic hydroxyl groups is 2. The molecule has 160 valence electrons. The summed E-state index contributed by atoms with van der Waals surface area (Å²) in [6.45, 7) is 0.368. The molecule has 7 heteroatoms. The van der Waals surface area contributed by atoms with Gasteiger partial charge >= 0.3 is 5.97 Å². The Hall–Kier alpha value is -1.86. The monoisotopic (exact) mass is 424 g/mol. The summed E-state index contributed by atoms with van der Waals surface area (Å²) in [6.07, 6.45) is 8.87. The van der Waals surface area contributed by atoms with E-state index >= 15 is 0 Å². The van der Waals surface area contributed by atoms with Gasteiger partial charge in [0.2, 0.25) is 0 Å². The number of carboxylic acids is 1. The van der Waals surface area contributed by atoms with E-state index in [0.29, 0.717) is 17.2 Å². The molecule has 1 saturated heterocycles. The summed E-state index contributed by atoms with van der Waals surface area (Å²) in [5.41, 5.74) is 0. The zero-order valence-corrected chi connectivity index (χ0v) is 17.1. The van der Waals surface area contributed by atoms with E-state index in [-0.39, 0.29) is 31.7 Å². The van der Waals surface area contributed by atoms with Gasteiger partial charge in [-0.15, -0.1) is 0 Å². The van der Waals surface area contributed by atoms with Gasteiger partial charge in [0.15, 0.2) is 0 Å². The van der Waals surface area contributed by atoms with Crippen molar-refractivity contribution in [3.63, 3.8) is 0 Å². The van der Waals surface area contributed by atoms with E-state index in [1.54, 1.807) is 36.4 Å². The minimum absolute atomic E-state index is 0.0454. The first-order valence-electron chi connectivity index (χ1n) is 9.87. The van der Waals surface area contributed by atoms with Gasteiger partial charge in [-0.05, 0) is 43.9 Å². The van der Waals surface area contributed by atoms with Crippen LogP contribution >= 0.6 is 11.6 Å². The highest BCUT2D eigenvalue weighted by Gasteiger charge is 2.33. The van der Waals surface area contributed by atoms with Crippen molar-refractivity contribution in [3.8, 4) is 5.75 Å². The number of ether oxygens (including phenoxy) is 2. The van der Waals surface area contributed by atoms with E-state index in [2.05, 4.69) is 0 Å². The molecule has 0 amide bonds. The van der Waals surface area contributed by atoms with Crippen LogP contribution in [0.4, 0.5) is 0 Å². The Morgan fingerprint density at radius 3 is 2.90 bits per heavy atom. The molecule has 0 bridgehead atoms. The molecule has 0 saturated carbocycles. The van der Waals surface area contributed by atoms with Crippen LogP contribution in [0.1, 0.15) is 32.1 Å². The van der Waals surface area contributed by atoms with Gasteiger partial charge in [-0.2, -0.15) is 0 Å². The lowest BCUT2D eigenvalue weighted by Crippen LogP contribution is -2.23. The standard InChI is InChI=1S/C22H29ClO6/c23-16-7-6-8-18(13-16)28-14-17(24)11-12-21-19(20(25)15-29-21)9-4-2-1-3-5-10-22(26)27/h1-2,6-8,11-13,17,19-21,24-25H,3-5,9-10,14-15H2,(H,26,27). The van der Waals surface area contributed by atoms with Crippen molar-refractivity contribution in [2.45, 2.75) is 50.4 Å². The van der Waals surface area contributed by atoms with E-state index in [0.717, 1.165) is 19.3 Å². The van der Waals surface area contributed by atoms with Crippen molar-refractivity contribution < 1.29 is 29.6 Å². The first kappa shape index (κ1) is 23.4. The van der Waals surface area contributed by atoms with Crippen LogP contribution in [-0.2, 0) is 9.53 Å². The lowest BCUT2D eigenvalue weighted by atomic mass is 9.93. The van der Waals surface area contributed by atoms with E-state index in [9.17, 15) is 15.0 Å². The fourth-order valence-corrected chi connectivity index (χ4v) is 3.34. The van der Waals surface area contributed by atoms with E-state index in [1.165, 1.54) is 0 Å². The number of hydrogen-bond donors (Lipinski definition) is 3. The normalized spacial score (nSPS) is 23.1. The number of aliphatic hydroxyl groups excluding tert-OH is 2. The SMILES string of the molecule is O=C(O)CCCC=CCCC1C(O)COC1C=CC(O)COc1cccc(Cl)c1. The van der Waals surface area contributed by atoms with Crippen LogP contribution in [0.5, 0.6) is 5.75 Å². The Bertz CT molecular complexity index is 690. The van der Waals surface area contributed by atoms with Crippen LogP contribution in [0.25, 0.3) is 0 Å². The summed E-state index contributed by atoms with van der Waals surface area (Å²) in [4.78, 5) is 10.5. The van der Waals surface area contributed by atoms with Gasteiger partial charge in [0.05, 0.1) is 18.8 Å². The molecule has 1 aromatic carbocycles. The van der Waals surface area contributed by atoms with E-state index in [4.69, 9.17) is 26.2 Å². The van der Waals surface area contributed by atoms with Crippen LogP contribution in [-0.4, -0.2) is 52.8 Å². The molecule has 6 nitrogen and oxygen atoms in total. The van der Waals surface area contributed by atoms with Gasteiger partial charge in [0.1, 0.15) is 18.5 Å². The maximum atomic E-state index is 10.5. The number of carbonyl (C=O) groups is 1. The zero-order chi connectivity index (χ0) is 21.1. The summed E-state index contributed by atoms with van der Waals surface area (Å²) in [7, 11) is 0. The number of benzene rings is 1. The van der Waals surface area contributed by atoms with Gasteiger partial charge < -0.3 is 24.8 Å². The van der Waals surface area contributed by atoms with Crippen LogP contribution < -0.4 is 4.74 Å². The van der Waals surface area contributed by atoms with Gasteiger partial charge in [0, 0.05) is 17.4 Å². The fraction of sp³-hybridized carbons (Fsp3) is 0.500. The van der Waals surface area contributed by atoms with Crippen LogP contribution in [0.15, 0.2) is 48.6 Å². The van der Waals surface area contributed by atoms with Crippen molar-refractivity contribution in [2.24, 2.45) is 5.92 Å². The Morgan fingerprint density at radius 1 is 1.34 bits per heavy atom. The van der Waals surface area contributed by atoms with Crippen molar-refractivity contribution in [1.82, 2.24) is 0 Å². The molecule has 3 N–H and O–H groups in total. The third kappa shape index (κ3) is 9.00. The number of aliphatic carboxylic acids is 1. The average molecular weight is 425 g/mol. The number of rotatable bonds is 12. The van der Waals surface area contributed by atoms with E-state index < -0.39 is 18.2 Å². The Morgan fingerprint density at radius 2 is 2.14 bits per heavy atom. The molecule has 4 unspecified atom stereocenters. The lowest BCUT2D eigenvalue weighted by molar-refractivity contribution is -0.137. The fourth-order valence-electron chi connectivity index (χ4n) is 3.16. The van der Waals surface area contributed by atoms with Crippen LogP contribution in [0.3, 0.4) is 0 Å². The van der Waals surface area contributed by atoms with Gasteiger partial charge in [-0.1, -0.05) is 42.0 Å². The van der Waals surface area contributed by atoms with Crippen LogP contribution in [0, 0.1) is 5.92 Å². The number of hydrogen-bond acceptors (Lipinski definition) is 5. The first-order chi connectivity index (χ1) is 14.0. The molecule has 0 aliphatic carbocycles. The highest BCUT2D eigenvalue weighted by atomic mass is 35.5. The summed E-state index contributed by atoms with van der Waals surface area (Å²) in [5, 5.41) is 29.4. The molecule has 1 aromatic rings.